The predicted molar refractivity (Wildman–Crippen MR) is 92.8 cm³/mol. The number of aromatic nitrogens is 1. The third-order valence-corrected chi connectivity index (χ3v) is 4.59. The second-order valence-electron chi connectivity index (χ2n) is 6.31. The minimum atomic E-state index is -0.507. The zero-order valence-corrected chi connectivity index (χ0v) is 15.8. The van der Waals surface area contributed by atoms with Gasteiger partial charge in [-0.25, -0.2) is 14.6 Å². The minimum Gasteiger partial charge on any atom is -0.444 e. The van der Waals surface area contributed by atoms with Crippen molar-refractivity contribution in [2.75, 3.05) is 18.4 Å². The molecule has 7 nitrogen and oxygen atoms in total. The number of rotatable bonds is 2. The molecule has 23 heavy (non-hydrogen) atoms. The lowest BCUT2D eigenvalue weighted by Gasteiger charge is -2.32. The highest BCUT2D eigenvalue weighted by atomic mass is 79.9. The van der Waals surface area contributed by atoms with Gasteiger partial charge < -0.3 is 15.0 Å². The number of piperidine rings is 1. The molecule has 0 bridgehead atoms. The van der Waals surface area contributed by atoms with Gasteiger partial charge in [0.2, 0.25) is 0 Å². The van der Waals surface area contributed by atoms with Crippen LogP contribution in [0.1, 0.15) is 33.6 Å². The fraction of sp³-hybridized carbons (Fsp3) is 0.643. The van der Waals surface area contributed by atoms with Gasteiger partial charge in [0.15, 0.2) is 5.13 Å². The number of ether oxygens (including phenoxy) is 1. The Morgan fingerprint density at radius 3 is 2.57 bits per heavy atom. The molecule has 0 atom stereocenters. The fourth-order valence-electron chi connectivity index (χ4n) is 2.18. The number of halogens is 1. The van der Waals surface area contributed by atoms with Crippen molar-refractivity contribution in [1.82, 2.24) is 15.2 Å². The molecule has 2 heterocycles. The quantitative estimate of drug-likeness (QED) is 0.790. The number of hydrogen-bond donors (Lipinski definition) is 2. The summed E-state index contributed by atoms with van der Waals surface area (Å²) in [6.07, 6.45) is 2.65. The van der Waals surface area contributed by atoms with Crippen LogP contribution in [0.4, 0.5) is 14.7 Å². The molecule has 0 spiro atoms. The van der Waals surface area contributed by atoms with Crippen LogP contribution in [0.15, 0.2) is 9.98 Å². The molecule has 0 radical (unpaired) electrons. The highest BCUT2D eigenvalue weighted by molar-refractivity contribution is 9.11. The lowest BCUT2D eigenvalue weighted by molar-refractivity contribution is 0.0486. The Hall–Kier alpha value is -1.35. The van der Waals surface area contributed by atoms with Crippen LogP contribution in [-0.2, 0) is 4.74 Å². The van der Waals surface area contributed by atoms with E-state index in [1.807, 2.05) is 20.8 Å². The number of amides is 3. The van der Waals surface area contributed by atoms with Gasteiger partial charge in [-0.3, -0.25) is 5.32 Å². The van der Waals surface area contributed by atoms with Crippen LogP contribution >= 0.6 is 27.3 Å². The zero-order chi connectivity index (χ0) is 17.0. The molecule has 0 aliphatic carbocycles. The maximum Gasteiger partial charge on any atom is 0.407 e. The molecule has 1 aromatic heterocycles. The Balaban J connectivity index is 1.75. The van der Waals surface area contributed by atoms with Gasteiger partial charge in [-0.2, -0.15) is 0 Å². The first-order valence-corrected chi connectivity index (χ1v) is 9.00. The Morgan fingerprint density at radius 2 is 2.04 bits per heavy atom. The van der Waals surface area contributed by atoms with Crippen LogP contribution in [0.3, 0.4) is 0 Å². The summed E-state index contributed by atoms with van der Waals surface area (Å²) in [6.45, 7) is 6.65. The highest BCUT2D eigenvalue weighted by Crippen LogP contribution is 2.23. The number of nitrogens with zero attached hydrogens (tertiary/aromatic N) is 2. The predicted octanol–water partition coefficient (Wildman–Crippen LogP) is 3.43. The Kier molecular flexibility index (Phi) is 5.85. The molecule has 1 aliphatic rings. The van der Waals surface area contributed by atoms with E-state index < -0.39 is 11.7 Å². The number of thiazole rings is 1. The molecule has 0 saturated carbocycles. The smallest absolute Gasteiger partial charge is 0.407 e. The summed E-state index contributed by atoms with van der Waals surface area (Å²) in [5.74, 6) is 0. The van der Waals surface area contributed by atoms with E-state index >= 15 is 0 Å². The normalized spacial score (nSPS) is 16.1. The molecular weight excluding hydrogens is 384 g/mol. The topological polar surface area (TPSA) is 83.6 Å². The lowest BCUT2D eigenvalue weighted by Crippen LogP contribution is -2.48. The van der Waals surface area contributed by atoms with Crippen molar-refractivity contribution < 1.29 is 14.3 Å². The van der Waals surface area contributed by atoms with Crippen LogP contribution in [0.5, 0.6) is 0 Å². The molecule has 3 amide bonds. The molecule has 1 saturated heterocycles. The molecule has 0 unspecified atom stereocenters. The van der Waals surface area contributed by atoms with Crippen molar-refractivity contribution in [1.29, 1.82) is 0 Å². The molecule has 2 N–H and O–H groups in total. The van der Waals surface area contributed by atoms with E-state index in [0.29, 0.717) is 31.1 Å². The average Bonchev–Trinajstić information content (AvgIpc) is 2.82. The van der Waals surface area contributed by atoms with Gasteiger partial charge in [-0.1, -0.05) is 11.3 Å². The van der Waals surface area contributed by atoms with Gasteiger partial charge in [-0.05, 0) is 49.5 Å². The monoisotopic (exact) mass is 404 g/mol. The van der Waals surface area contributed by atoms with Crippen molar-refractivity contribution in [2.45, 2.75) is 45.3 Å². The Labute approximate surface area is 147 Å². The third-order valence-electron chi connectivity index (χ3n) is 3.19. The number of urea groups is 1. The van der Waals surface area contributed by atoms with Gasteiger partial charge in [-0.15, -0.1) is 0 Å². The second kappa shape index (κ2) is 7.48. The summed E-state index contributed by atoms with van der Waals surface area (Å²) in [6, 6.07) is -0.134. The summed E-state index contributed by atoms with van der Waals surface area (Å²) in [7, 11) is 0. The van der Waals surface area contributed by atoms with Crippen molar-refractivity contribution >= 4 is 44.5 Å². The molecule has 1 aromatic rings. The SMILES string of the molecule is CC(C)(C)OC(=O)NC1CCN(C(=O)Nc2ncc(Br)s2)CC1. The highest BCUT2D eigenvalue weighted by Gasteiger charge is 2.26. The van der Waals surface area contributed by atoms with E-state index in [1.165, 1.54) is 11.3 Å². The molecule has 1 fully saturated rings. The maximum atomic E-state index is 12.1. The van der Waals surface area contributed by atoms with Crippen LogP contribution in [-0.4, -0.2) is 46.7 Å². The second-order valence-corrected chi connectivity index (χ2v) is 8.72. The largest absolute Gasteiger partial charge is 0.444 e. The first-order valence-electron chi connectivity index (χ1n) is 7.40. The van der Waals surface area contributed by atoms with Crippen molar-refractivity contribution in [3.05, 3.63) is 9.98 Å². The maximum absolute atomic E-state index is 12.1. The standard InChI is InChI=1S/C14H21BrN4O3S/c1-14(2,3)22-13(21)17-9-4-6-19(7-5-9)12(20)18-11-16-8-10(15)23-11/h8-9H,4-7H2,1-3H3,(H,17,21)(H,16,18,20). The van der Waals surface area contributed by atoms with E-state index in [1.54, 1.807) is 11.1 Å². The molecule has 2 rings (SSSR count). The molecule has 9 heteroatoms. The molecular formula is C14H21BrN4O3S. The number of alkyl carbamates (subject to hydrolysis) is 1. The zero-order valence-electron chi connectivity index (χ0n) is 13.4. The summed E-state index contributed by atoms with van der Waals surface area (Å²) in [5.41, 5.74) is -0.507. The van der Waals surface area contributed by atoms with Gasteiger partial charge in [0.05, 0.1) is 9.98 Å². The van der Waals surface area contributed by atoms with Gasteiger partial charge >= 0.3 is 12.1 Å². The average molecular weight is 405 g/mol. The number of nitrogens with one attached hydrogen (secondary N) is 2. The van der Waals surface area contributed by atoms with E-state index in [-0.39, 0.29) is 12.1 Å². The Bertz CT molecular complexity index is 565. The number of anilines is 1. The van der Waals surface area contributed by atoms with Gasteiger partial charge in [0.1, 0.15) is 5.60 Å². The molecule has 1 aliphatic heterocycles. The first-order chi connectivity index (χ1) is 10.7. The summed E-state index contributed by atoms with van der Waals surface area (Å²) in [4.78, 5) is 29.7. The number of hydrogen-bond acceptors (Lipinski definition) is 5. The Morgan fingerprint density at radius 1 is 1.39 bits per heavy atom. The number of carbonyl (C=O) groups excluding carboxylic acids is 2. The van der Waals surface area contributed by atoms with E-state index in [9.17, 15) is 9.59 Å². The third kappa shape index (κ3) is 5.98. The summed E-state index contributed by atoms with van der Waals surface area (Å²) < 4.78 is 6.11. The number of carbonyl (C=O) groups is 2. The van der Waals surface area contributed by atoms with E-state index in [0.717, 1.165) is 3.79 Å². The first kappa shape index (κ1) is 18.0. The van der Waals surface area contributed by atoms with Crippen LogP contribution in [0, 0.1) is 0 Å². The summed E-state index contributed by atoms with van der Waals surface area (Å²) in [5, 5.41) is 6.19. The molecule has 128 valence electrons. The van der Waals surface area contributed by atoms with Gasteiger partial charge in [0, 0.05) is 19.1 Å². The van der Waals surface area contributed by atoms with E-state index in [4.69, 9.17) is 4.74 Å². The summed E-state index contributed by atoms with van der Waals surface area (Å²) >= 11 is 4.68. The van der Waals surface area contributed by atoms with Gasteiger partial charge in [0.25, 0.3) is 0 Å². The van der Waals surface area contributed by atoms with E-state index in [2.05, 4.69) is 31.5 Å². The van der Waals surface area contributed by atoms with Crippen LogP contribution in [0.25, 0.3) is 0 Å². The van der Waals surface area contributed by atoms with Crippen molar-refractivity contribution in [3.63, 3.8) is 0 Å². The van der Waals surface area contributed by atoms with Crippen LogP contribution < -0.4 is 10.6 Å². The lowest BCUT2D eigenvalue weighted by atomic mass is 10.1. The van der Waals surface area contributed by atoms with Crippen LogP contribution in [0.2, 0.25) is 0 Å². The van der Waals surface area contributed by atoms with Crippen molar-refractivity contribution in [2.24, 2.45) is 0 Å². The fourth-order valence-corrected chi connectivity index (χ4v) is 3.28. The number of likely N-dealkylation sites (tertiary alicyclic amines) is 1. The van der Waals surface area contributed by atoms with Crippen molar-refractivity contribution in [3.8, 4) is 0 Å². The minimum absolute atomic E-state index is 0.0305. The molecule has 0 aromatic carbocycles.